The van der Waals surface area contributed by atoms with E-state index < -0.39 is 47.8 Å². The van der Waals surface area contributed by atoms with E-state index in [9.17, 15) is 29.1 Å². The minimum absolute atomic E-state index is 0.00592. The predicted molar refractivity (Wildman–Crippen MR) is 204 cm³/mol. The second-order valence-corrected chi connectivity index (χ2v) is 12.7. The molecule has 11 heteroatoms. The van der Waals surface area contributed by atoms with Gasteiger partial charge in [-0.15, -0.1) is 5.92 Å². The third kappa shape index (κ3) is 19.1. The van der Waals surface area contributed by atoms with Crippen molar-refractivity contribution in [3.05, 3.63) is 67.3 Å². The van der Waals surface area contributed by atoms with E-state index in [1.807, 2.05) is 0 Å². The van der Waals surface area contributed by atoms with Gasteiger partial charge < -0.3 is 29.4 Å². The second kappa shape index (κ2) is 27.9. The highest BCUT2D eigenvalue weighted by Crippen LogP contribution is 2.28. The van der Waals surface area contributed by atoms with Gasteiger partial charge in [-0.2, -0.15) is 0 Å². The third-order valence-electron chi connectivity index (χ3n) is 8.38. The number of ketones is 1. The molecular weight excluding hydrogens is 678 g/mol. The Labute approximate surface area is 315 Å². The fourth-order valence-electron chi connectivity index (χ4n) is 5.42. The van der Waals surface area contributed by atoms with Crippen molar-refractivity contribution >= 4 is 29.6 Å². The van der Waals surface area contributed by atoms with Crippen LogP contribution in [-0.4, -0.2) is 73.3 Å². The number of Topliss-reactive ketones (excluding diaryl/α,β-unsaturated/α-hetero) is 1. The lowest BCUT2D eigenvalue weighted by atomic mass is 9.82. The molecule has 0 aliphatic carbocycles. The van der Waals surface area contributed by atoms with Crippen LogP contribution in [-0.2, 0) is 44.6 Å². The molecule has 0 radical (unpaired) electrons. The maximum atomic E-state index is 14.0. The largest absolute Gasteiger partial charge is 0.481 e. The van der Waals surface area contributed by atoms with Gasteiger partial charge in [0.1, 0.15) is 37.4 Å². The number of amides is 1. The van der Waals surface area contributed by atoms with Gasteiger partial charge in [0.2, 0.25) is 5.91 Å². The first-order valence-electron chi connectivity index (χ1n) is 18.5. The van der Waals surface area contributed by atoms with Crippen LogP contribution in [0.2, 0.25) is 0 Å². The number of esters is 3. The Morgan fingerprint density at radius 3 is 2.13 bits per heavy atom. The summed E-state index contributed by atoms with van der Waals surface area (Å²) in [4.78, 5) is 65.2. The molecule has 0 saturated carbocycles. The summed E-state index contributed by atoms with van der Waals surface area (Å²) in [5, 5.41) is 14.4. The van der Waals surface area contributed by atoms with Crippen molar-refractivity contribution in [3.63, 3.8) is 0 Å². The zero-order valence-corrected chi connectivity index (χ0v) is 31.8. The molecule has 53 heavy (non-hydrogen) atoms. The lowest BCUT2D eigenvalue weighted by molar-refractivity contribution is -0.177. The van der Waals surface area contributed by atoms with Crippen LogP contribution in [0.5, 0.6) is 5.75 Å². The highest BCUT2D eigenvalue weighted by molar-refractivity contribution is 5.95. The molecule has 2 N–H and O–H groups in total. The number of carbonyl (C=O) groups excluding carboxylic acids is 5. The summed E-state index contributed by atoms with van der Waals surface area (Å²) in [6.07, 6.45) is 15.1. The molecule has 11 nitrogen and oxygen atoms in total. The zero-order chi connectivity index (χ0) is 39.3. The first kappa shape index (κ1) is 46.3. The predicted octanol–water partition coefficient (Wildman–Crippen LogP) is 6.31. The smallest absolute Gasteiger partial charge is 0.340 e. The molecule has 0 saturated heterocycles. The number of hydrogen-bond acceptors (Lipinski definition) is 10. The second-order valence-electron chi connectivity index (χ2n) is 12.7. The molecule has 1 aromatic rings. The van der Waals surface area contributed by atoms with Crippen LogP contribution in [0, 0.1) is 17.8 Å². The summed E-state index contributed by atoms with van der Waals surface area (Å²) >= 11 is 0. The monoisotopic (exact) mass is 737 g/mol. The van der Waals surface area contributed by atoms with E-state index in [0.717, 1.165) is 32.1 Å². The molecule has 1 rings (SSSR count). The van der Waals surface area contributed by atoms with E-state index in [0.29, 0.717) is 42.8 Å². The van der Waals surface area contributed by atoms with Gasteiger partial charge in [0.15, 0.2) is 5.60 Å². The maximum Gasteiger partial charge on any atom is 0.340 e. The minimum atomic E-state index is -2.71. The number of unbranched alkanes of at least 4 members (excludes halogenated alkanes) is 8. The van der Waals surface area contributed by atoms with Gasteiger partial charge >= 0.3 is 17.9 Å². The maximum absolute atomic E-state index is 14.0. The van der Waals surface area contributed by atoms with E-state index in [-0.39, 0.29) is 26.2 Å². The van der Waals surface area contributed by atoms with Crippen molar-refractivity contribution in [2.75, 3.05) is 26.9 Å². The lowest BCUT2D eigenvalue weighted by Gasteiger charge is -2.31. The molecule has 292 valence electrons. The van der Waals surface area contributed by atoms with Crippen molar-refractivity contribution < 1.29 is 48.0 Å². The molecule has 3 atom stereocenters. The molecule has 1 amide bonds. The van der Waals surface area contributed by atoms with Crippen LogP contribution in [0.4, 0.5) is 0 Å². The molecule has 0 aliphatic heterocycles. The van der Waals surface area contributed by atoms with Gasteiger partial charge in [-0.1, -0.05) is 101 Å². The molecular formula is C42H59NO10. The van der Waals surface area contributed by atoms with Crippen molar-refractivity contribution in [3.8, 4) is 17.6 Å². The van der Waals surface area contributed by atoms with Gasteiger partial charge in [0, 0.05) is 19.3 Å². The van der Waals surface area contributed by atoms with Gasteiger partial charge in [-0.25, -0.2) is 9.59 Å². The number of aliphatic hydroxyl groups is 1. The fraction of sp³-hybridized carbons (Fsp3) is 0.548. The summed E-state index contributed by atoms with van der Waals surface area (Å²) < 4.78 is 20.7. The normalized spacial score (nSPS) is 13.0. The van der Waals surface area contributed by atoms with Crippen LogP contribution < -0.4 is 10.1 Å². The number of methoxy groups -OCH3 is 1. The Kier molecular flexibility index (Phi) is 24.4. The molecule has 0 spiro atoms. The number of rotatable bonds is 29. The minimum Gasteiger partial charge on any atom is -0.481 e. The third-order valence-corrected chi connectivity index (χ3v) is 8.38. The molecule has 0 unspecified atom stereocenters. The van der Waals surface area contributed by atoms with E-state index in [2.05, 4.69) is 37.2 Å². The summed E-state index contributed by atoms with van der Waals surface area (Å²) in [7, 11) is 1.17. The first-order valence-corrected chi connectivity index (χ1v) is 18.5. The summed E-state index contributed by atoms with van der Waals surface area (Å²) in [6, 6.07) is 5.62. The van der Waals surface area contributed by atoms with Gasteiger partial charge in [-0.05, 0) is 50.3 Å². The number of allylic oxidation sites excluding steroid dienone is 1. The summed E-state index contributed by atoms with van der Waals surface area (Å²) in [6.45, 7) is 10.6. The molecule has 0 heterocycles. The summed E-state index contributed by atoms with van der Waals surface area (Å²) in [5.41, 5.74) is -2.05. The summed E-state index contributed by atoms with van der Waals surface area (Å²) in [5.74, 6) is 0.830. The first-order chi connectivity index (χ1) is 25.6. The molecule has 0 fully saturated rings. The Morgan fingerprint density at radius 1 is 0.906 bits per heavy atom. The van der Waals surface area contributed by atoms with Crippen LogP contribution in [0.25, 0.3) is 0 Å². The molecule has 1 aromatic carbocycles. The van der Waals surface area contributed by atoms with Crippen LogP contribution in [0.15, 0.2) is 61.7 Å². The van der Waals surface area contributed by atoms with Crippen molar-refractivity contribution in [1.29, 1.82) is 0 Å². The van der Waals surface area contributed by atoms with Crippen LogP contribution in [0.3, 0.4) is 0 Å². The van der Waals surface area contributed by atoms with E-state index in [4.69, 9.17) is 18.9 Å². The number of ether oxygens (including phenoxy) is 4. The standard InChI is InChI=1S/C42H59NO10/c1-6-10-12-15-18-21-34(44)22-19-16-13-14-17-20-23-36(42(49,41(48)53-29-9-4)32-38(45)52-28-8-3)39(46)43-37(40(47)50-5)31-33-24-26-35(27-25-33)51-30-11-7-2/h8-9,20,23-27,36-37,49H,3-4,6,10,12-19,21-22,28-32H2,1-2,5H3,(H,43,46)/t36-,37+,42+/m1/s1. The molecule has 0 aliphatic rings. The average Bonchev–Trinajstić information content (AvgIpc) is 3.15. The number of nitrogens with one attached hydrogen (secondary N) is 1. The van der Waals surface area contributed by atoms with Crippen molar-refractivity contribution in [2.24, 2.45) is 5.92 Å². The SMILES string of the molecule is C=CCOC(=O)C[C@@](O)(C(=O)OCC=C)[C@H](C=CCCCCCCC(=O)CCCCCCC)C(=O)N[C@@H](Cc1ccc(OCC#CC)cc1)C(=O)OC. The highest BCUT2D eigenvalue weighted by atomic mass is 16.6. The van der Waals surface area contributed by atoms with E-state index in [1.54, 1.807) is 37.3 Å². The Balaban J connectivity index is 3.16. The quantitative estimate of drug-likeness (QED) is 0.0314. The van der Waals surface area contributed by atoms with E-state index >= 15 is 0 Å². The number of hydrogen-bond donors (Lipinski definition) is 2. The number of benzene rings is 1. The number of carbonyl (C=O) groups is 5. The van der Waals surface area contributed by atoms with Gasteiger partial charge in [0.25, 0.3) is 0 Å². The van der Waals surface area contributed by atoms with Crippen LogP contribution in [0.1, 0.15) is 103 Å². The Bertz CT molecular complexity index is 1390. The van der Waals surface area contributed by atoms with Gasteiger partial charge in [0.05, 0.1) is 19.4 Å². The van der Waals surface area contributed by atoms with Crippen molar-refractivity contribution in [1.82, 2.24) is 5.32 Å². The van der Waals surface area contributed by atoms with Crippen molar-refractivity contribution in [2.45, 2.75) is 115 Å². The highest BCUT2D eigenvalue weighted by Gasteiger charge is 2.50. The lowest BCUT2D eigenvalue weighted by Crippen LogP contribution is -2.56. The average molecular weight is 738 g/mol. The van der Waals surface area contributed by atoms with E-state index in [1.165, 1.54) is 44.6 Å². The Hall–Kier alpha value is -4.69. The zero-order valence-electron chi connectivity index (χ0n) is 31.8. The molecule has 0 aromatic heterocycles. The van der Waals surface area contributed by atoms with Gasteiger partial charge in [-0.3, -0.25) is 14.4 Å². The van der Waals surface area contributed by atoms with Crippen LogP contribution >= 0.6 is 0 Å². The fourth-order valence-corrected chi connectivity index (χ4v) is 5.42. The topological polar surface area (TPSA) is 155 Å². The molecule has 0 bridgehead atoms. The Morgan fingerprint density at radius 2 is 1.53 bits per heavy atom.